The van der Waals surface area contributed by atoms with Gasteiger partial charge >= 0.3 is 0 Å². The van der Waals surface area contributed by atoms with Gasteiger partial charge in [-0.05, 0) is 18.2 Å². The molecule has 3 rings (SSSR count). The molecule has 0 atom stereocenters. The zero-order valence-corrected chi connectivity index (χ0v) is 10.8. The van der Waals surface area contributed by atoms with E-state index in [-0.39, 0.29) is 0 Å². The minimum atomic E-state index is 0.600. The lowest BCUT2D eigenvalue weighted by molar-refractivity contribution is 0.292. The molecule has 0 unspecified atom stereocenters. The summed E-state index contributed by atoms with van der Waals surface area (Å²) in [5.41, 5.74) is 2.24. The van der Waals surface area contributed by atoms with Gasteiger partial charge in [0.2, 0.25) is 0 Å². The minimum absolute atomic E-state index is 0.600. The maximum atomic E-state index is 5.86. The lowest BCUT2D eigenvalue weighted by Crippen LogP contribution is -2.11. The Balaban J connectivity index is 1.70. The standard InChI is InChI=1S/C14H16N4O/c1-17-13(11-16-17)12-5-2-3-6-14(12)19-10-9-18-8-4-7-15-18/h2-8,11,16H,9-10H2,1H3. The molecular formula is C14H16N4O. The molecule has 0 saturated heterocycles. The van der Waals surface area contributed by atoms with Crippen LogP contribution in [-0.2, 0) is 13.6 Å². The molecule has 0 radical (unpaired) electrons. The third-order valence-electron chi connectivity index (χ3n) is 3.06. The van der Waals surface area contributed by atoms with E-state index in [0.717, 1.165) is 23.6 Å². The van der Waals surface area contributed by atoms with Crippen LogP contribution < -0.4 is 4.74 Å². The van der Waals surface area contributed by atoms with Crippen molar-refractivity contribution in [2.45, 2.75) is 6.54 Å². The van der Waals surface area contributed by atoms with Gasteiger partial charge in [-0.2, -0.15) is 5.10 Å². The highest BCUT2D eigenvalue weighted by Crippen LogP contribution is 2.29. The Labute approximate surface area is 111 Å². The first-order chi connectivity index (χ1) is 9.34. The van der Waals surface area contributed by atoms with Gasteiger partial charge in [0.15, 0.2) is 0 Å². The highest BCUT2D eigenvalue weighted by molar-refractivity contribution is 5.67. The molecule has 2 heterocycles. The van der Waals surface area contributed by atoms with Gasteiger partial charge in [0.1, 0.15) is 12.4 Å². The molecular weight excluding hydrogens is 240 g/mol. The highest BCUT2D eigenvalue weighted by Gasteiger charge is 2.10. The molecule has 2 aromatic heterocycles. The average Bonchev–Trinajstić information content (AvgIpc) is 2.92. The van der Waals surface area contributed by atoms with Crippen molar-refractivity contribution < 1.29 is 4.74 Å². The summed E-state index contributed by atoms with van der Waals surface area (Å²) in [6.07, 6.45) is 5.67. The summed E-state index contributed by atoms with van der Waals surface area (Å²) in [6, 6.07) is 9.97. The highest BCUT2D eigenvalue weighted by atomic mass is 16.5. The van der Waals surface area contributed by atoms with E-state index < -0.39 is 0 Å². The second-order valence-electron chi connectivity index (χ2n) is 4.33. The Kier molecular flexibility index (Phi) is 3.10. The van der Waals surface area contributed by atoms with E-state index in [4.69, 9.17) is 4.74 Å². The third-order valence-corrected chi connectivity index (χ3v) is 3.06. The van der Waals surface area contributed by atoms with Crippen molar-refractivity contribution in [3.8, 4) is 17.0 Å². The van der Waals surface area contributed by atoms with Crippen molar-refractivity contribution in [2.75, 3.05) is 6.61 Å². The van der Waals surface area contributed by atoms with Gasteiger partial charge in [-0.15, -0.1) is 0 Å². The third kappa shape index (κ3) is 2.40. The molecule has 19 heavy (non-hydrogen) atoms. The summed E-state index contributed by atoms with van der Waals surface area (Å²) in [7, 11) is 1.98. The van der Waals surface area contributed by atoms with Crippen molar-refractivity contribution in [3.05, 3.63) is 48.9 Å². The van der Waals surface area contributed by atoms with Crippen LogP contribution in [0, 0.1) is 0 Å². The minimum Gasteiger partial charge on any atom is -0.491 e. The second kappa shape index (κ2) is 5.06. The number of H-pyrrole nitrogens is 1. The first-order valence-corrected chi connectivity index (χ1v) is 6.24. The first kappa shape index (κ1) is 11.6. The maximum absolute atomic E-state index is 5.86. The fourth-order valence-corrected chi connectivity index (χ4v) is 2.00. The zero-order valence-electron chi connectivity index (χ0n) is 10.8. The predicted molar refractivity (Wildman–Crippen MR) is 72.9 cm³/mol. The van der Waals surface area contributed by atoms with Gasteiger partial charge in [0.05, 0.1) is 12.2 Å². The number of aryl methyl sites for hydroxylation is 1. The smallest absolute Gasteiger partial charge is 0.128 e. The maximum Gasteiger partial charge on any atom is 0.128 e. The summed E-state index contributed by atoms with van der Waals surface area (Å²) >= 11 is 0. The molecule has 0 aliphatic heterocycles. The van der Waals surface area contributed by atoms with Crippen LogP contribution in [0.5, 0.6) is 5.75 Å². The number of hydrogen-bond acceptors (Lipinski definition) is 2. The fourth-order valence-electron chi connectivity index (χ4n) is 2.00. The van der Waals surface area contributed by atoms with E-state index in [0.29, 0.717) is 6.61 Å². The molecule has 1 aromatic carbocycles. The Morgan fingerprint density at radius 1 is 1.26 bits per heavy atom. The first-order valence-electron chi connectivity index (χ1n) is 6.24. The number of para-hydroxylation sites is 1. The number of rotatable bonds is 5. The van der Waals surface area contributed by atoms with Crippen molar-refractivity contribution in [1.29, 1.82) is 0 Å². The molecule has 1 N–H and O–H groups in total. The van der Waals surface area contributed by atoms with E-state index in [2.05, 4.69) is 16.3 Å². The number of ether oxygens (including phenoxy) is 1. The Morgan fingerprint density at radius 2 is 2.16 bits per heavy atom. The SMILES string of the molecule is Cn1[nH]cc1-c1ccccc1OCCn1cccn1. The zero-order chi connectivity index (χ0) is 13.1. The average molecular weight is 256 g/mol. The van der Waals surface area contributed by atoms with Gasteiger partial charge in [-0.3, -0.25) is 9.36 Å². The van der Waals surface area contributed by atoms with Gasteiger partial charge < -0.3 is 9.84 Å². The van der Waals surface area contributed by atoms with Crippen LogP contribution >= 0.6 is 0 Å². The monoisotopic (exact) mass is 256 g/mol. The van der Waals surface area contributed by atoms with Crippen LogP contribution in [0.2, 0.25) is 0 Å². The molecule has 5 nitrogen and oxygen atoms in total. The number of benzene rings is 1. The fraction of sp³-hybridized carbons (Fsp3) is 0.214. The van der Waals surface area contributed by atoms with Crippen molar-refractivity contribution in [3.63, 3.8) is 0 Å². The summed E-state index contributed by atoms with van der Waals surface area (Å²) in [4.78, 5) is 0. The van der Waals surface area contributed by atoms with Crippen LogP contribution in [0.25, 0.3) is 11.3 Å². The summed E-state index contributed by atoms with van der Waals surface area (Å²) < 4.78 is 9.69. The van der Waals surface area contributed by atoms with Crippen molar-refractivity contribution >= 4 is 0 Å². The van der Waals surface area contributed by atoms with E-state index >= 15 is 0 Å². The number of nitrogens with zero attached hydrogens (tertiary/aromatic N) is 3. The van der Waals surface area contributed by atoms with E-state index in [1.807, 2.05) is 53.1 Å². The lowest BCUT2D eigenvalue weighted by atomic mass is 10.1. The normalized spacial score (nSPS) is 10.8. The van der Waals surface area contributed by atoms with Gasteiger partial charge in [-0.25, -0.2) is 0 Å². The van der Waals surface area contributed by atoms with Crippen molar-refractivity contribution in [1.82, 2.24) is 19.6 Å². The molecule has 5 heteroatoms. The number of nitrogens with one attached hydrogen (secondary N) is 1. The molecule has 0 aliphatic carbocycles. The van der Waals surface area contributed by atoms with Gasteiger partial charge in [0, 0.05) is 31.2 Å². The lowest BCUT2D eigenvalue weighted by Gasteiger charge is -2.16. The van der Waals surface area contributed by atoms with E-state index in [9.17, 15) is 0 Å². The van der Waals surface area contributed by atoms with E-state index in [1.165, 1.54) is 0 Å². The van der Waals surface area contributed by atoms with Crippen LogP contribution in [0.4, 0.5) is 0 Å². The number of hydrogen-bond donors (Lipinski definition) is 1. The predicted octanol–water partition coefficient (Wildman–Crippen LogP) is 2.30. The number of aromatic amines is 1. The largest absolute Gasteiger partial charge is 0.491 e. The van der Waals surface area contributed by atoms with Crippen LogP contribution in [0.15, 0.2) is 48.9 Å². The molecule has 0 spiro atoms. The Hall–Kier alpha value is -2.43. The van der Waals surface area contributed by atoms with Gasteiger partial charge in [0.25, 0.3) is 0 Å². The topological polar surface area (TPSA) is 47.8 Å². The molecule has 3 aromatic rings. The summed E-state index contributed by atoms with van der Waals surface area (Å²) in [5, 5.41) is 7.22. The van der Waals surface area contributed by atoms with Crippen LogP contribution in [-0.4, -0.2) is 26.2 Å². The Morgan fingerprint density at radius 3 is 2.84 bits per heavy atom. The molecule has 0 amide bonds. The quantitative estimate of drug-likeness (QED) is 0.761. The second-order valence-corrected chi connectivity index (χ2v) is 4.33. The Bertz CT molecular complexity index is 636. The molecule has 0 saturated carbocycles. The number of aromatic nitrogens is 4. The van der Waals surface area contributed by atoms with Crippen LogP contribution in [0.1, 0.15) is 0 Å². The molecule has 98 valence electrons. The molecule has 0 bridgehead atoms. The molecule has 0 fully saturated rings. The summed E-state index contributed by atoms with van der Waals surface area (Å²) in [6.45, 7) is 1.34. The van der Waals surface area contributed by atoms with Gasteiger partial charge in [-0.1, -0.05) is 12.1 Å². The van der Waals surface area contributed by atoms with E-state index in [1.54, 1.807) is 6.20 Å². The summed E-state index contributed by atoms with van der Waals surface area (Å²) in [5.74, 6) is 0.897. The van der Waals surface area contributed by atoms with Crippen LogP contribution in [0.3, 0.4) is 0 Å². The molecule has 0 aliphatic rings. The van der Waals surface area contributed by atoms with Crippen molar-refractivity contribution in [2.24, 2.45) is 7.05 Å².